The van der Waals surface area contributed by atoms with Gasteiger partial charge in [0.2, 0.25) is 0 Å². The fraction of sp³-hybridized carbons (Fsp3) is 0.0476. The monoisotopic (exact) mass is 389 g/mol. The predicted molar refractivity (Wildman–Crippen MR) is 109 cm³/mol. The topological polar surface area (TPSA) is 127 Å². The highest BCUT2D eigenvalue weighted by atomic mass is 16.3. The van der Waals surface area contributed by atoms with Crippen LogP contribution in [0.15, 0.2) is 87.6 Å². The number of amides is 1. The van der Waals surface area contributed by atoms with E-state index in [1.54, 1.807) is 60.7 Å². The molecule has 8 nitrogen and oxygen atoms in total. The smallest absolute Gasteiger partial charge is 0.265 e. The van der Waals surface area contributed by atoms with E-state index in [4.69, 9.17) is 16.1 Å². The highest BCUT2D eigenvalue weighted by Crippen LogP contribution is 2.26. The number of anilines is 1. The summed E-state index contributed by atoms with van der Waals surface area (Å²) in [5, 5.41) is 7.89. The van der Waals surface area contributed by atoms with Crippen molar-refractivity contribution in [3.63, 3.8) is 0 Å². The number of benzene rings is 2. The van der Waals surface area contributed by atoms with E-state index in [2.05, 4.69) is 10.3 Å². The molecule has 1 amide bonds. The first-order valence-electron chi connectivity index (χ1n) is 8.72. The van der Waals surface area contributed by atoms with Crippen molar-refractivity contribution in [1.82, 2.24) is 0 Å². The number of furan rings is 1. The molecule has 1 aromatic heterocycles. The summed E-state index contributed by atoms with van der Waals surface area (Å²) >= 11 is 0. The van der Waals surface area contributed by atoms with Gasteiger partial charge in [-0.2, -0.15) is 0 Å². The summed E-state index contributed by atoms with van der Waals surface area (Å²) in [5.41, 5.74) is 1.33. The van der Waals surface area contributed by atoms with Crippen LogP contribution in [0.2, 0.25) is 0 Å². The van der Waals surface area contributed by atoms with Crippen LogP contribution in [0.25, 0.3) is 6.08 Å². The van der Waals surface area contributed by atoms with Crippen LogP contribution in [0, 0.1) is 0 Å². The largest absolute Gasteiger partial charge is 0.461 e. The van der Waals surface area contributed by atoms with Gasteiger partial charge >= 0.3 is 0 Å². The van der Waals surface area contributed by atoms with Gasteiger partial charge in [0.1, 0.15) is 17.2 Å². The Bertz CT molecular complexity index is 1060. The maximum absolute atomic E-state index is 12.4. The van der Waals surface area contributed by atoms with Crippen molar-refractivity contribution in [2.45, 2.75) is 6.42 Å². The second-order valence-corrected chi connectivity index (χ2v) is 6.02. The minimum atomic E-state index is -0.497. The van der Waals surface area contributed by atoms with Crippen molar-refractivity contribution >= 4 is 29.1 Å². The molecule has 0 atom stereocenters. The molecule has 29 heavy (non-hydrogen) atoms. The number of hydrazine groups is 1. The molecule has 146 valence electrons. The van der Waals surface area contributed by atoms with E-state index in [9.17, 15) is 9.59 Å². The average Bonchev–Trinajstić information content (AvgIpc) is 3.20. The zero-order valence-electron chi connectivity index (χ0n) is 15.4. The minimum Gasteiger partial charge on any atom is -0.461 e. The average molecular weight is 389 g/mol. The highest BCUT2D eigenvalue weighted by molar-refractivity contribution is 6.04. The number of para-hydroxylation sites is 1. The molecule has 0 saturated heterocycles. The maximum Gasteiger partial charge on any atom is 0.265 e. The zero-order chi connectivity index (χ0) is 20.6. The predicted octanol–water partition coefficient (Wildman–Crippen LogP) is 3.58. The Morgan fingerprint density at radius 1 is 1.00 bits per heavy atom. The molecular weight excluding hydrogens is 370 g/mol. The van der Waals surface area contributed by atoms with Crippen LogP contribution in [-0.2, 0) is 11.2 Å². The number of hydrogen-bond donors (Lipinski definition) is 2. The standard InChI is InChI=1S/C21H19N5O3/c22-25-24-18-8-4-5-9-19(18)26(23)21(28)13-12-16-10-11-17(29-16)14-20(27)15-6-2-1-3-7-15/h1-13H,14,23H2,(H2,22,24)/b13-12+. The lowest BCUT2D eigenvalue weighted by Gasteiger charge is -2.15. The molecule has 4 N–H and O–H groups in total. The summed E-state index contributed by atoms with van der Waals surface area (Å²) < 4.78 is 5.60. The molecule has 0 aliphatic rings. The van der Waals surface area contributed by atoms with E-state index in [0.29, 0.717) is 28.5 Å². The lowest BCUT2D eigenvalue weighted by atomic mass is 10.1. The quantitative estimate of drug-likeness (QED) is 0.159. The Balaban J connectivity index is 1.66. The van der Waals surface area contributed by atoms with Crippen molar-refractivity contribution in [3.05, 3.63) is 89.9 Å². The molecule has 0 saturated carbocycles. The van der Waals surface area contributed by atoms with Crippen LogP contribution >= 0.6 is 0 Å². The number of nitrogens with zero attached hydrogens (tertiary/aromatic N) is 3. The van der Waals surface area contributed by atoms with Gasteiger partial charge in [-0.05, 0) is 30.3 Å². The van der Waals surface area contributed by atoms with E-state index in [1.807, 2.05) is 6.07 Å². The zero-order valence-corrected chi connectivity index (χ0v) is 15.4. The maximum atomic E-state index is 12.4. The second-order valence-electron chi connectivity index (χ2n) is 6.02. The summed E-state index contributed by atoms with van der Waals surface area (Å²) in [6.07, 6.45) is 2.87. The molecule has 0 aliphatic carbocycles. The highest BCUT2D eigenvalue weighted by Gasteiger charge is 2.13. The summed E-state index contributed by atoms with van der Waals surface area (Å²) in [6, 6.07) is 19.0. The van der Waals surface area contributed by atoms with Crippen molar-refractivity contribution < 1.29 is 14.0 Å². The molecule has 8 heteroatoms. The van der Waals surface area contributed by atoms with Gasteiger partial charge in [-0.15, -0.1) is 5.11 Å². The first-order valence-corrected chi connectivity index (χ1v) is 8.72. The van der Waals surface area contributed by atoms with Gasteiger partial charge in [0.15, 0.2) is 5.78 Å². The fourth-order valence-corrected chi connectivity index (χ4v) is 2.63. The van der Waals surface area contributed by atoms with Crippen molar-refractivity contribution in [1.29, 1.82) is 0 Å². The van der Waals surface area contributed by atoms with E-state index in [0.717, 1.165) is 5.01 Å². The molecule has 2 aromatic carbocycles. The number of carbonyl (C=O) groups is 2. The molecule has 3 aromatic rings. The van der Waals surface area contributed by atoms with Gasteiger partial charge in [0, 0.05) is 11.6 Å². The van der Waals surface area contributed by atoms with Crippen LogP contribution in [-0.4, -0.2) is 11.7 Å². The second kappa shape index (κ2) is 9.25. The normalized spacial score (nSPS) is 11.2. The third-order valence-corrected chi connectivity index (χ3v) is 4.05. The lowest BCUT2D eigenvalue weighted by Crippen LogP contribution is -2.36. The molecule has 1 heterocycles. The summed E-state index contributed by atoms with van der Waals surface area (Å²) in [5.74, 6) is 11.3. The number of ketones is 1. The molecule has 0 radical (unpaired) electrons. The molecule has 0 fully saturated rings. The van der Waals surface area contributed by atoms with Gasteiger partial charge in [-0.1, -0.05) is 47.7 Å². The van der Waals surface area contributed by atoms with E-state index < -0.39 is 5.91 Å². The van der Waals surface area contributed by atoms with Crippen molar-refractivity contribution in [3.8, 4) is 0 Å². The van der Waals surface area contributed by atoms with Crippen molar-refractivity contribution in [2.75, 3.05) is 5.01 Å². The Morgan fingerprint density at radius 3 is 2.48 bits per heavy atom. The molecule has 3 rings (SSSR count). The van der Waals surface area contributed by atoms with Crippen molar-refractivity contribution in [2.24, 2.45) is 22.0 Å². The number of Topliss-reactive ketones (excluding diaryl/α,β-unsaturated/α-hetero) is 1. The van der Waals surface area contributed by atoms with Gasteiger partial charge in [-0.3, -0.25) is 9.59 Å². The Morgan fingerprint density at radius 2 is 1.72 bits per heavy atom. The molecule has 0 aliphatic heterocycles. The summed E-state index contributed by atoms with van der Waals surface area (Å²) in [7, 11) is 0. The summed E-state index contributed by atoms with van der Waals surface area (Å²) in [6.45, 7) is 0. The molecule has 0 spiro atoms. The van der Waals surface area contributed by atoms with Crippen LogP contribution in [0.5, 0.6) is 0 Å². The number of hydrogen-bond acceptors (Lipinski definition) is 6. The Labute approximate surface area is 167 Å². The minimum absolute atomic E-state index is 0.0506. The van der Waals surface area contributed by atoms with Gasteiger partial charge in [0.25, 0.3) is 5.91 Å². The van der Waals surface area contributed by atoms with Crippen LogP contribution in [0.1, 0.15) is 21.9 Å². The van der Waals surface area contributed by atoms with Crippen LogP contribution in [0.3, 0.4) is 0 Å². The van der Waals surface area contributed by atoms with Gasteiger partial charge < -0.3 is 10.3 Å². The third kappa shape index (κ3) is 5.02. The van der Waals surface area contributed by atoms with Crippen LogP contribution < -0.4 is 16.7 Å². The fourth-order valence-electron chi connectivity index (χ4n) is 2.63. The number of carbonyl (C=O) groups excluding carboxylic acids is 2. The Kier molecular flexibility index (Phi) is 6.29. The first-order chi connectivity index (χ1) is 14.1. The molecule has 0 bridgehead atoms. The van der Waals surface area contributed by atoms with E-state index in [-0.39, 0.29) is 12.2 Å². The third-order valence-electron chi connectivity index (χ3n) is 4.05. The SMILES string of the molecule is NN=Nc1ccccc1N(N)C(=O)/C=C/c1ccc(CC(=O)c2ccccc2)o1. The Hall–Kier alpha value is -4.04. The number of nitrogens with two attached hydrogens (primary N) is 2. The lowest BCUT2D eigenvalue weighted by molar-refractivity contribution is -0.114. The van der Waals surface area contributed by atoms with E-state index in [1.165, 1.54) is 12.2 Å². The molecular formula is C21H19N5O3. The van der Waals surface area contributed by atoms with Crippen LogP contribution in [0.4, 0.5) is 11.4 Å². The summed E-state index contributed by atoms with van der Waals surface area (Å²) in [4.78, 5) is 24.6. The van der Waals surface area contributed by atoms with Gasteiger partial charge in [0.05, 0.1) is 12.1 Å². The molecule has 0 unspecified atom stereocenters. The van der Waals surface area contributed by atoms with Gasteiger partial charge in [-0.25, -0.2) is 10.9 Å². The first kappa shape index (κ1) is 19.7. The van der Waals surface area contributed by atoms with E-state index >= 15 is 0 Å². The number of rotatable bonds is 7.